The third kappa shape index (κ3) is 3.16. The van der Waals surface area contributed by atoms with E-state index in [1.54, 1.807) is 0 Å². The average molecular weight is 278 g/mol. The zero-order valence-corrected chi connectivity index (χ0v) is 12.6. The van der Waals surface area contributed by atoms with E-state index in [9.17, 15) is 0 Å². The number of hydrogen-bond donors (Lipinski definition) is 1. The summed E-state index contributed by atoms with van der Waals surface area (Å²) < 4.78 is 0. The number of hydrogen-bond acceptors (Lipinski definition) is 3. The van der Waals surface area contributed by atoms with Crippen LogP contribution in [0.1, 0.15) is 27.7 Å². The molecule has 1 aromatic heterocycles. The van der Waals surface area contributed by atoms with Crippen LogP contribution in [0.3, 0.4) is 0 Å². The molecule has 1 heterocycles. The van der Waals surface area contributed by atoms with Crippen molar-refractivity contribution in [1.29, 1.82) is 0 Å². The van der Waals surface area contributed by atoms with Crippen molar-refractivity contribution in [2.24, 2.45) is 11.3 Å². The summed E-state index contributed by atoms with van der Waals surface area (Å²) in [6.45, 7) is 9.80. The molecular weight excluding hydrogens is 258 g/mol. The molecule has 2 rings (SSSR count). The predicted molar refractivity (Wildman–Crippen MR) is 81.7 cm³/mol. The van der Waals surface area contributed by atoms with Gasteiger partial charge in [-0.15, -0.1) is 0 Å². The maximum absolute atomic E-state index is 5.97. The topological polar surface area (TPSA) is 37.8 Å². The fraction of sp³-hybridized carbons (Fsp3) is 0.467. The Labute approximate surface area is 119 Å². The number of anilines is 1. The first-order valence-electron chi connectivity index (χ1n) is 6.56. The van der Waals surface area contributed by atoms with E-state index >= 15 is 0 Å². The standard InChI is InChI=1S/C15H20ClN3/c1-10(2)15(3,4)9-17-13-11-7-5-6-8-12(11)18-14(16)19-13/h5-8,10H,9H2,1-4H3,(H,17,18,19). The SMILES string of the molecule is CC(C)C(C)(C)CNc1nc(Cl)nc2ccccc12. The Hall–Kier alpha value is -1.35. The van der Waals surface area contributed by atoms with Crippen LogP contribution in [0.2, 0.25) is 5.28 Å². The summed E-state index contributed by atoms with van der Waals surface area (Å²) in [5.74, 6) is 1.40. The van der Waals surface area contributed by atoms with Crippen molar-refractivity contribution >= 4 is 28.3 Å². The number of nitrogens with one attached hydrogen (secondary N) is 1. The van der Waals surface area contributed by atoms with E-state index in [4.69, 9.17) is 11.6 Å². The molecule has 0 aliphatic rings. The minimum Gasteiger partial charge on any atom is -0.369 e. The Morgan fingerprint density at radius 1 is 1.21 bits per heavy atom. The van der Waals surface area contributed by atoms with Gasteiger partial charge in [-0.2, -0.15) is 0 Å². The highest BCUT2D eigenvalue weighted by Gasteiger charge is 2.22. The Morgan fingerprint density at radius 3 is 2.58 bits per heavy atom. The van der Waals surface area contributed by atoms with Gasteiger partial charge in [0.25, 0.3) is 0 Å². The summed E-state index contributed by atoms with van der Waals surface area (Å²) in [5, 5.41) is 4.70. The van der Waals surface area contributed by atoms with Crippen molar-refractivity contribution in [2.75, 3.05) is 11.9 Å². The third-order valence-corrected chi connectivity index (χ3v) is 4.02. The lowest BCUT2D eigenvalue weighted by Gasteiger charge is -2.29. The normalized spacial score (nSPS) is 12.1. The Bertz CT molecular complexity index is 579. The van der Waals surface area contributed by atoms with Gasteiger partial charge in [-0.1, -0.05) is 39.8 Å². The molecule has 0 atom stereocenters. The highest BCUT2D eigenvalue weighted by Crippen LogP contribution is 2.28. The smallest absolute Gasteiger partial charge is 0.224 e. The predicted octanol–water partition coefficient (Wildman–Crippen LogP) is 4.38. The first-order chi connectivity index (χ1) is 8.90. The lowest BCUT2D eigenvalue weighted by Crippen LogP contribution is -2.28. The van der Waals surface area contributed by atoms with E-state index in [0.717, 1.165) is 23.3 Å². The van der Waals surface area contributed by atoms with Crippen LogP contribution in [-0.4, -0.2) is 16.5 Å². The third-order valence-electron chi connectivity index (χ3n) is 3.85. The van der Waals surface area contributed by atoms with E-state index in [1.807, 2.05) is 24.3 Å². The number of nitrogens with zero attached hydrogens (tertiary/aromatic N) is 2. The Kier molecular flexibility index (Phi) is 3.95. The molecule has 0 bridgehead atoms. The lowest BCUT2D eigenvalue weighted by molar-refractivity contribution is 0.269. The van der Waals surface area contributed by atoms with Crippen LogP contribution in [0.15, 0.2) is 24.3 Å². The maximum atomic E-state index is 5.97. The first-order valence-corrected chi connectivity index (χ1v) is 6.94. The largest absolute Gasteiger partial charge is 0.369 e. The molecule has 1 aromatic carbocycles. The number of aromatic nitrogens is 2. The van der Waals surface area contributed by atoms with Crippen molar-refractivity contribution in [3.63, 3.8) is 0 Å². The van der Waals surface area contributed by atoms with Crippen LogP contribution in [0.5, 0.6) is 0 Å². The summed E-state index contributed by atoms with van der Waals surface area (Å²) in [6, 6.07) is 7.89. The van der Waals surface area contributed by atoms with Gasteiger partial charge in [0.1, 0.15) is 5.82 Å². The number of rotatable bonds is 4. The van der Waals surface area contributed by atoms with Crippen LogP contribution in [-0.2, 0) is 0 Å². The molecule has 0 aliphatic heterocycles. The second-order valence-corrected chi connectivity index (χ2v) is 6.19. The van der Waals surface area contributed by atoms with Gasteiger partial charge in [-0.05, 0) is 35.1 Å². The van der Waals surface area contributed by atoms with Crippen LogP contribution < -0.4 is 5.32 Å². The first kappa shape index (κ1) is 14.1. The van der Waals surface area contributed by atoms with Gasteiger partial charge < -0.3 is 5.32 Å². The molecule has 0 saturated carbocycles. The molecule has 1 N–H and O–H groups in total. The number of benzene rings is 1. The average Bonchev–Trinajstić information content (AvgIpc) is 2.35. The summed E-state index contributed by atoms with van der Waals surface area (Å²) in [5.41, 5.74) is 1.06. The van der Waals surface area contributed by atoms with Gasteiger partial charge in [0.2, 0.25) is 5.28 Å². The van der Waals surface area contributed by atoms with Gasteiger partial charge in [0.05, 0.1) is 5.52 Å². The molecule has 0 spiro atoms. The number of fused-ring (bicyclic) bond motifs is 1. The monoisotopic (exact) mass is 277 g/mol. The summed E-state index contributed by atoms with van der Waals surface area (Å²) in [4.78, 5) is 8.54. The van der Waals surface area contributed by atoms with E-state index < -0.39 is 0 Å². The quantitative estimate of drug-likeness (QED) is 0.843. The zero-order valence-electron chi connectivity index (χ0n) is 11.9. The molecule has 102 valence electrons. The minimum atomic E-state index is 0.193. The minimum absolute atomic E-state index is 0.193. The molecule has 0 saturated heterocycles. The van der Waals surface area contributed by atoms with Gasteiger partial charge in [0, 0.05) is 11.9 Å². The fourth-order valence-corrected chi connectivity index (χ4v) is 1.87. The summed E-state index contributed by atoms with van der Waals surface area (Å²) in [7, 11) is 0. The molecule has 0 radical (unpaired) electrons. The van der Waals surface area contributed by atoms with Crippen LogP contribution in [0.4, 0.5) is 5.82 Å². The Balaban J connectivity index is 2.30. The summed E-state index contributed by atoms with van der Waals surface area (Å²) in [6.07, 6.45) is 0. The number of halogens is 1. The molecule has 19 heavy (non-hydrogen) atoms. The van der Waals surface area contributed by atoms with E-state index in [2.05, 4.69) is 43.0 Å². The van der Waals surface area contributed by atoms with E-state index in [0.29, 0.717) is 5.92 Å². The van der Waals surface area contributed by atoms with E-state index in [1.165, 1.54) is 0 Å². The Morgan fingerprint density at radius 2 is 1.89 bits per heavy atom. The molecule has 2 aromatic rings. The van der Waals surface area contributed by atoms with Crippen LogP contribution in [0.25, 0.3) is 10.9 Å². The summed E-state index contributed by atoms with van der Waals surface area (Å²) >= 11 is 5.97. The van der Waals surface area contributed by atoms with E-state index in [-0.39, 0.29) is 10.7 Å². The second-order valence-electron chi connectivity index (χ2n) is 5.86. The van der Waals surface area contributed by atoms with Gasteiger partial charge in [0.15, 0.2) is 0 Å². The van der Waals surface area contributed by atoms with Crippen molar-refractivity contribution < 1.29 is 0 Å². The molecule has 4 heteroatoms. The lowest BCUT2D eigenvalue weighted by atomic mass is 9.81. The van der Waals surface area contributed by atoms with Gasteiger partial charge >= 0.3 is 0 Å². The van der Waals surface area contributed by atoms with Gasteiger partial charge in [-0.25, -0.2) is 9.97 Å². The molecule has 0 amide bonds. The van der Waals surface area contributed by atoms with Crippen molar-refractivity contribution in [2.45, 2.75) is 27.7 Å². The number of para-hydroxylation sites is 1. The van der Waals surface area contributed by atoms with Gasteiger partial charge in [-0.3, -0.25) is 0 Å². The molecule has 3 nitrogen and oxygen atoms in total. The van der Waals surface area contributed by atoms with Crippen LogP contribution in [0, 0.1) is 11.3 Å². The molecule has 0 aliphatic carbocycles. The van der Waals surface area contributed by atoms with Crippen molar-refractivity contribution in [3.05, 3.63) is 29.5 Å². The zero-order chi connectivity index (χ0) is 14.0. The van der Waals surface area contributed by atoms with Crippen molar-refractivity contribution in [3.8, 4) is 0 Å². The second kappa shape index (κ2) is 5.33. The molecular formula is C15H20ClN3. The highest BCUT2D eigenvalue weighted by atomic mass is 35.5. The molecule has 0 fully saturated rings. The van der Waals surface area contributed by atoms with Crippen molar-refractivity contribution in [1.82, 2.24) is 9.97 Å². The highest BCUT2D eigenvalue weighted by molar-refractivity contribution is 6.28. The molecule has 0 unspecified atom stereocenters. The van der Waals surface area contributed by atoms with Crippen LogP contribution >= 0.6 is 11.6 Å². The maximum Gasteiger partial charge on any atom is 0.224 e. The fourth-order valence-electron chi connectivity index (χ4n) is 1.70.